The Hall–Kier alpha value is -3.07. The molecule has 152 valence electrons. The molecule has 9 heteroatoms. The molecule has 0 fully saturated rings. The lowest BCUT2D eigenvalue weighted by atomic mass is 9.97. The van der Waals surface area contributed by atoms with Crippen molar-refractivity contribution in [2.45, 2.75) is 25.7 Å². The van der Waals surface area contributed by atoms with E-state index in [0.29, 0.717) is 33.0 Å². The molecular weight excluding hydrogens is 394 g/mol. The van der Waals surface area contributed by atoms with Crippen LogP contribution >= 0.6 is 11.3 Å². The number of thiophene rings is 1. The number of nitrogens with zero attached hydrogens (tertiary/aromatic N) is 2. The van der Waals surface area contributed by atoms with Gasteiger partial charge < -0.3 is 19.9 Å². The molecule has 2 N–H and O–H groups in total. The molecule has 0 aliphatic heterocycles. The Morgan fingerprint density at radius 1 is 1.10 bits per heavy atom. The highest BCUT2D eigenvalue weighted by Crippen LogP contribution is 2.41. The predicted octanol–water partition coefficient (Wildman–Crippen LogP) is 2.96. The number of carbonyl (C=O) groups is 1. The summed E-state index contributed by atoms with van der Waals surface area (Å²) in [5.74, 6) is 1.32. The zero-order valence-corrected chi connectivity index (χ0v) is 17.2. The molecule has 0 saturated heterocycles. The van der Waals surface area contributed by atoms with Crippen LogP contribution in [0.15, 0.2) is 16.9 Å². The van der Waals surface area contributed by atoms with Crippen molar-refractivity contribution in [3.63, 3.8) is 0 Å². The topological polar surface area (TPSA) is 106 Å². The highest BCUT2D eigenvalue weighted by molar-refractivity contribution is 7.18. The summed E-state index contributed by atoms with van der Waals surface area (Å²) in [4.78, 5) is 32.0. The quantitative estimate of drug-likeness (QED) is 0.702. The number of fused-ring (bicyclic) bond motifs is 3. The summed E-state index contributed by atoms with van der Waals surface area (Å²) in [6.07, 6.45) is 3.84. The number of aromatic nitrogens is 2. The first-order chi connectivity index (χ1) is 14.0. The maximum absolute atomic E-state index is 13.3. The Bertz CT molecular complexity index is 1160. The second-order valence-electron chi connectivity index (χ2n) is 6.72. The largest absolute Gasteiger partial charge is 0.493 e. The van der Waals surface area contributed by atoms with Crippen LogP contribution in [0, 0.1) is 0 Å². The summed E-state index contributed by atoms with van der Waals surface area (Å²) < 4.78 is 17.1. The highest BCUT2D eigenvalue weighted by atomic mass is 32.1. The van der Waals surface area contributed by atoms with E-state index in [9.17, 15) is 9.59 Å². The summed E-state index contributed by atoms with van der Waals surface area (Å²) in [5.41, 5.74) is 6.61. The van der Waals surface area contributed by atoms with Gasteiger partial charge in [-0.3, -0.25) is 4.79 Å². The monoisotopic (exact) mass is 415 g/mol. The van der Waals surface area contributed by atoms with Crippen molar-refractivity contribution in [1.82, 2.24) is 9.55 Å². The number of amides is 1. The maximum atomic E-state index is 13.3. The molecule has 8 nitrogen and oxygen atoms in total. The molecule has 0 atom stereocenters. The number of methoxy groups -OCH3 is 3. The molecule has 2 aromatic heterocycles. The normalized spacial score (nSPS) is 13.2. The number of rotatable bonds is 4. The van der Waals surface area contributed by atoms with E-state index in [0.717, 1.165) is 40.7 Å². The summed E-state index contributed by atoms with van der Waals surface area (Å²) in [7, 11) is 4.48. The first kappa shape index (κ1) is 19.3. The van der Waals surface area contributed by atoms with Crippen LogP contribution in [0.2, 0.25) is 0 Å². The Morgan fingerprint density at radius 2 is 1.76 bits per heavy atom. The Morgan fingerprint density at radius 3 is 2.34 bits per heavy atom. The van der Waals surface area contributed by atoms with Crippen molar-refractivity contribution in [2.24, 2.45) is 5.73 Å². The molecule has 2 heterocycles. The van der Waals surface area contributed by atoms with Crippen molar-refractivity contribution in [1.29, 1.82) is 0 Å². The smallest absolute Gasteiger partial charge is 0.327 e. The average Bonchev–Trinajstić information content (AvgIpc) is 3.10. The van der Waals surface area contributed by atoms with Gasteiger partial charge in [0.1, 0.15) is 4.83 Å². The van der Waals surface area contributed by atoms with E-state index in [1.807, 2.05) is 0 Å². The van der Waals surface area contributed by atoms with Crippen LogP contribution in [0.4, 0.5) is 4.79 Å². The summed E-state index contributed by atoms with van der Waals surface area (Å²) >= 11 is 1.51. The first-order valence-electron chi connectivity index (χ1n) is 9.17. The molecule has 0 bridgehead atoms. The van der Waals surface area contributed by atoms with Crippen molar-refractivity contribution < 1.29 is 19.0 Å². The number of hydrogen-bond acceptors (Lipinski definition) is 7. The van der Waals surface area contributed by atoms with Crippen LogP contribution in [0.25, 0.3) is 21.6 Å². The van der Waals surface area contributed by atoms with Gasteiger partial charge in [0.05, 0.1) is 26.7 Å². The van der Waals surface area contributed by atoms with Gasteiger partial charge in [-0.2, -0.15) is 0 Å². The number of carbonyl (C=O) groups excluding carboxylic acids is 1. The number of nitrogens with two attached hydrogens (primary N) is 1. The Balaban J connectivity index is 2.05. The predicted molar refractivity (Wildman–Crippen MR) is 111 cm³/mol. The van der Waals surface area contributed by atoms with E-state index >= 15 is 0 Å². The van der Waals surface area contributed by atoms with E-state index in [2.05, 4.69) is 4.98 Å². The van der Waals surface area contributed by atoms with Crippen molar-refractivity contribution in [3.05, 3.63) is 32.9 Å². The molecule has 4 rings (SSSR count). The molecule has 1 aliphatic carbocycles. The van der Waals surface area contributed by atoms with Crippen LogP contribution < -0.4 is 25.5 Å². The molecule has 29 heavy (non-hydrogen) atoms. The van der Waals surface area contributed by atoms with Gasteiger partial charge in [0.15, 0.2) is 17.3 Å². The van der Waals surface area contributed by atoms with Gasteiger partial charge in [0.25, 0.3) is 5.56 Å². The molecule has 0 spiro atoms. The third kappa shape index (κ3) is 3.02. The lowest BCUT2D eigenvalue weighted by Gasteiger charge is -2.15. The lowest BCUT2D eigenvalue weighted by Crippen LogP contribution is -2.34. The van der Waals surface area contributed by atoms with Gasteiger partial charge in [0.2, 0.25) is 5.75 Å². The van der Waals surface area contributed by atoms with Gasteiger partial charge in [-0.25, -0.2) is 14.3 Å². The van der Waals surface area contributed by atoms with Gasteiger partial charge in [-0.05, 0) is 43.4 Å². The van der Waals surface area contributed by atoms with Crippen molar-refractivity contribution >= 4 is 27.6 Å². The fourth-order valence-electron chi connectivity index (χ4n) is 3.81. The molecule has 0 unspecified atom stereocenters. The fourth-order valence-corrected chi connectivity index (χ4v) is 5.07. The van der Waals surface area contributed by atoms with E-state index in [1.54, 1.807) is 12.1 Å². The van der Waals surface area contributed by atoms with Gasteiger partial charge in [-0.15, -0.1) is 11.3 Å². The Labute approximate surface area is 170 Å². The summed E-state index contributed by atoms with van der Waals surface area (Å²) in [5, 5.41) is 0.500. The minimum Gasteiger partial charge on any atom is -0.493 e. The molecule has 0 radical (unpaired) electrons. The van der Waals surface area contributed by atoms with Crippen LogP contribution in [0.3, 0.4) is 0 Å². The van der Waals surface area contributed by atoms with Crippen LogP contribution in [0.1, 0.15) is 23.3 Å². The fraction of sp³-hybridized carbons (Fsp3) is 0.350. The third-order valence-electron chi connectivity index (χ3n) is 5.13. The number of aryl methyl sites for hydroxylation is 2. The third-order valence-corrected chi connectivity index (χ3v) is 6.32. The standard InChI is InChI=1S/C20H21N3O5S/c1-26-12-8-10(9-13(27-2)16(12)28-3)17-22-18-15(19(24)23(17)20(21)25)11-6-4-5-7-14(11)29-18/h8-9H,4-7H2,1-3H3,(H2,21,25). The second kappa shape index (κ2) is 7.40. The molecule has 0 saturated carbocycles. The molecular formula is C20H21N3O5S. The number of primary amides is 1. The molecule has 1 aromatic carbocycles. The summed E-state index contributed by atoms with van der Waals surface area (Å²) in [6, 6.07) is 2.40. The SMILES string of the molecule is COc1cc(-c2nc3sc4c(c3c(=O)n2C(N)=O)CCCC4)cc(OC)c1OC. The second-order valence-corrected chi connectivity index (χ2v) is 7.80. The zero-order chi connectivity index (χ0) is 20.7. The van der Waals surface area contributed by atoms with Gasteiger partial charge in [0, 0.05) is 10.4 Å². The Kier molecular flexibility index (Phi) is 4.91. The first-order valence-corrected chi connectivity index (χ1v) is 9.99. The van der Waals surface area contributed by atoms with Crippen molar-refractivity contribution in [2.75, 3.05) is 21.3 Å². The van der Waals surface area contributed by atoms with E-state index in [-0.39, 0.29) is 5.82 Å². The van der Waals surface area contributed by atoms with Gasteiger partial charge in [-0.1, -0.05) is 0 Å². The lowest BCUT2D eigenvalue weighted by molar-refractivity contribution is 0.250. The van der Waals surface area contributed by atoms with Crippen molar-refractivity contribution in [3.8, 4) is 28.6 Å². The number of benzene rings is 1. The number of ether oxygens (including phenoxy) is 3. The molecule has 1 aliphatic rings. The average molecular weight is 415 g/mol. The van der Waals surface area contributed by atoms with Gasteiger partial charge >= 0.3 is 6.03 Å². The molecule has 1 amide bonds. The number of hydrogen-bond donors (Lipinski definition) is 1. The van der Waals surface area contributed by atoms with Crippen LogP contribution in [-0.2, 0) is 12.8 Å². The minimum atomic E-state index is -0.885. The minimum absolute atomic E-state index is 0.146. The highest BCUT2D eigenvalue weighted by Gasteiger charge is 2.25. The van der Waals surface area contributed by atoms with E-state index < -0.39 is 11.6 Å². The van der Waals surface area contributed by atoms with E-state index in [1.165, 1.54) is 32.7 Å². The molecule has 3 aromatic rings. The summed E-state index contributed by atoms with van der Waals surface area (Å²) in [6.45, 7) is 0. The van der Waals surface area contributed by atoms with Crippen LogP contribution in [-0.4, -0.2) is 36.9 Å². The maximum Gasteiger partial charge on any atom is 0.327 e. The van der Waals surface area contributed by atoms with E-state index in [4.69, 9.17) is 19.9 Å². The van der Waals surface area contributed by atoms with Crippen LogP contribution in [0.5, 0.6) is 17.2 Å². The zero-order valence-electron chi connectivity index (χ0n) is 16.4.